The van der Waals surface area contributed by atoms with Crippen molar-refractivity contribution in [1.29, 1.82) is 0 Å². The van der Waals surface area contributed by atoms with Gasteiger partial charge < -0.3 is 23.7 Å². The Morgan fingerprint density at radius 1 is 0.652 bits per heavy atom. The van der Waals surface area contributed by atoms with E-state index in [4.69, 9.17) is 14.2 Å². The largest absolute Gasteiger partial charge is 0.463 e. The maximum absolute atomic E-state index is 10.3. The van der Waals surface area contributed by atoms with Crippen LogP contribution in [0.4, 0.5) is 0 Å². The molecule has 0 heterocycles. The molecule has 0 atom stereocenters. The fraction of sp³-hybridized carbons (Fsp3) is 0.875. The normalized spacial score (nSPS) is 9.74. The Hall–Kier alpha value is -1.18. The fourth-order valence-corrected chi connectivity index (χ4v) is 1.20. The van der Waals surface area contributed by atoms with Gasteiger partial charge in [-0.25, -0.2) is 0 Å². The monoisotopic (exact) mass is 336 g/mol. The quantitative estimate of drug-likeness (QED) is 0.376. The molecule has 0 spiro atoms. The van der Waals surface area contributed by atoms with Crippen molar-refractivity contribution in [2.45, 2.75) is 40.5 Å². The van der Waals surface area contributed by atoms with Gasteiger partial charge in [-0.1, -0.05) is 13.3 Å². The van der Waals surface area contributed by atoms with Crippen molar-refractivity contribution in [2.75, 3.05) is 52.9 Å². The van der Waals surface area contributed by atoms with Crippen molar-refractivity contribution in [3.8, 4) is 0 Å². The van der Waals surface area contributed by atoms with E-state index in [1.165, 1.54) is 13.8 Å². The summed E-state index contributed by atoms with van der Waals surface area (Å²) in [7, 11) is 0. The van der Waals surface area contributed by atoms with Gasteiger partial charge in [0.15, 0.2) is 0 Å². The molecule has 0 unspecified atom stereocenters. The summed E-state index contributed by atoms with van der Waals surface area (Å²) >= 11 is 0. The van der Waals surface area contributed by atoms with Crippen molar-refractivity contribution < 1.29 is 33.3 Å². The molecule has 7 heteroatoms. The number of hydrogen-bond donors (Lipinski definition) is 0. The van der Waals surface area contributed by atoms with E-state index < -0.39 is 0 Å². The van der Waals surface area contributed by atoms with E-state index in [0.717, 1.165) is 19.4 Å². The molecule has 0 rings (SSSR count). The lowest BCUT2D eigenvalue weighted by molar-refractivity contribution is -0.143. The Morgan fingerprint density at radius 2 is 1.09 bits per heavy atom. The van der Waals surface area contributed by atoms with E-state index in [1.807, 2.05) is 6.92 Å². The predicted molar refractivity (Wildman–Crippen MR) is 86.3 cm³/mol. The zero-order valence-electron chi connectivity index (χ0n) is 14.9. The molecular weight excluding hydrogens is 304 g/mol. The van der Waals surface area contributed by atoms with Crippen molar-refractivity contribution in [3.63, 3.8) is 0 Å². The van der Waals surface area contributed by atoms with Gasteiger partial charge in [-0.05, 0) is 13.3 Å². The van der Waals surface area contributed by atoms with Crippen molar-refractivity contribution in [2.24, 2.45) is 0 Å². The molecule has 0 N–H and O–H groups in total. The molecule has 0 radical (unpaired) electrons. The molecule has 0 aromatic carbocycles. The van der Waals surface area contributed by atoms with Gasteiger partial charge in [0, 0.05) is 27.1 Å². The Balaban J connectivity index is 0. The molecule has 7 nitrogen and oxygen atoms in total. The summed E-state index contributed by atoms with van der Waals surface area (Å²) < 4.78 is 24.6. The van der Waals surface area contributed by atoms with Crippen molar-refractivity contribution in [3.05, 3.63) is 0 Å². The third-order valence-electron chi connectivity index (χ3n) is 2.28. The van der Waals surface area contributed by atoms with Crippen LogP contribution in [0.1, 0.15) is 40.5 Å². The first-order chi connectivity index (χ1) is 11.0. The van der Waals surface area contributed by atoms with Crippen LogP contribution in [0.25, 0.3) is 0 Å². The van der Waals surface area contributed by atoms with E-state index in [1.54, 1.807) is 0 Å². The molecule has 23 heavy (non-hydrogen) atoms. The van der Waals surface area contributed by atoms with Crippen LogP contribution in [0, 0.1) is 0 Å². The number of ether oxygens (including phenoxy) is 5. The van der Waals surface area contributed by atoms with Gasteiger partial charge in [-0.3, -0.25) is 9.59 Å². The highest BCUT2D eigenvalue weighted by atomic mass is 16.6. The van der Waals surface area contributed by atoms with Crippen LogP contribution in [0.5, 0.6) is 0 Å². The number of hydrogen-bond acceptors (Lipinski definition) is 7. The van der Waals surface area contributed by atoms with Crippen LogP contribution in [0.2, 0.25) is 0 Å². The summed E-state index contributed by atoms with van der Waals surface area (Å²) in [6.07, 6.45) is 2.20. The third kappa shape index (κ3) is 29.5. The highest BCUT2D eigenvalue weighted by Gasteiger charge is 1.92. The van der Waals surface area contributed by atoms with Gasteiger partial charge in [0.25, 0.3) is 0 Å². The number of rotatable bonds is 13. The van der Waals surface area contributed by atoms with E-state index in [0.29, 0.717) is 46.2 Å². The first-order valence-corrected chi connectivity index (χ1v) is 8.04. The molecule has 0 fully saturated rings. The van der Waals surface area contributed by atoms with Crippen LogP contribution >= 0.6 is 0 Å². The molecule has 0 bridgehead atoms. The molecule has 0 saturated heterocycles. The molecular formula is C16H32O7. The van der Waals surface area contributed by atoms with Gasteiger partial charge in [0.05, 0.1) is 26.4 Å². The topological polar surface area (TPSA) is 80.3 Å². The van der Waals surface area contributed by atoms with Crippen molar-refractivity contribution >= 4 is 11.9 Å². The second-order valence-corrected chi connectivity index (χ2v) is 4.46. The first kappa shape index (κ1) is 24.1. The summed E-state index contributed by atoms with van der Waals surface area (Å²) in [5.41, 5.74) is 0. The van der Waals surface area contributed by atoms with Crippen LogP contribution in [0.15, 0.2) is 0 Å². The highest BCUT2D eigenvalue weighted by molar-refractivity contribution is 5.66. The van der Waals surface area contributed by atoms with E-state index >= 15 is 0 Å². The third-order valence-corrected chi connectivity index (χ3v) is 2.28. The number of unbranched alkanes of at least 4 members (excludes halogenated alkanes) is 1. The maximum Gasteiger partial charge on any atom is 0.302 e. The molecule has 138 valence electrons. The van der Waals surface area contributed by atoms with Crippen LogP contribution in [-0.2, 0) is 33.3 Å². The predicted octanol–water partition coefficient (Wildman–Crippen LogP) is 1.97. The van der Waals surface area contributed by atoms with Crippen LogP contribution < -0.4 is 0 Å². The molecule has 0 amide bonds. The Kier molecular flexibility index (Phi) is 21.8. The van der Waals surface area contributed by atoms with E-state index in [-0.39, 0.29) is 11.9 Å². The summed E-state index contributed by atoms with van der Waals surface area (Å²) in [4.78, 5) is 20.5. The fourth-order valence-electron chi connectivity index (χ4n) is 1.20. The number of carbonyl (C=O) groups is 2. The zero-order valence-corrected chi connectivity index (χ0v) is 14.9. The maximum atomic E-state index is 10.3. The summed E-state index contributed by atoms with van der Waals surface area (Å²) in [5.74, 6) is -0.521. The van der Waals surface area contributed by atoms with Crippen molar-refractivity contribution in [1.82, 2.24) is 0 Å². The second-order valence-electron chi connectivity index (χ2n) is 4.46. The molecule has 0 aliphatic rings. The smallest absolute Gasteiger partial charge is 0.302 e. The minimum absolute atomic E-state index is 0.246. The first-order valence-electron chi connectivity index (χ1n) is 8.04. The average Bonchev–Trinajstić information content (AvgIpc) is 2.50. The van der Waals surface area contributed by atoms with E-state index in [9.17, 15) is 9.59 Å². The van der Waals surface area contributed by atoms with E-state index in [2.05, 4.69) is 16.4 Å². The lowest BCUT2D eigenvalue weighted by atomic mass is 10.4. The summed E-state index contributed by atoms with van der Waals surface area (Å²) in [5, 5.41) is 0. The number of esters is 2. The van der Waals surface area contributed by atoms with Crippen LogP contribution in [0.3, 0.4) is 0 Å². The average molecular weight is 336 g/mol. The number of carbonyl (C=O) groups excluding carboxylic acids is 2. The SMILES string of the molecule is CCCCOCCOC(C)=O.CCOCCOCCOC(C)=O. The van der Waals surface area contributed by atoms with Gasteiger partial charge in [0.1, 0.15) is 13.2 Å². The Bertz CT molecular complexity index is 269. The summed E-state index contributed by atoms with van der Waals surface area (Å²) in [6, 6.07) is 0. The second kappa shape index (κ2) is 20.8. The zero-order chi connectivity index (χ0) is 17.8. The molecule has 0 saturated carbocycles. The Morgan fingerprint density at radius 3 is 1.52 bits per heavy atom. The van der Waals surface area contributed by atoms with Gasteiger partial charge >= 0.3 is 11.9 Å². The summed E-state index contributed by atoms with van der Waals surface area (Å²) in [6.45, 7) is 11.1. The lowest BCUT2D eigenvalue weighted by Crippen LogP contribution is -2.10. The Labute approximate surface area is 139 Å². The molecule has 0 aliphatic carbocycles. The van der Waals surface area contributed by atoms with Gasteiger partial charge in [-0.2, -0.15) is 0 Å². The molecule has 0 aliphatic heterocycles. The van der Waals surface area contributed by atoms with Crippen LogP contribution in [-0.4, -0.2) is 64.8 Å². The van der Waals surface area contributed by atoms with Gasteiger partial charge in [0.2, 0.25) is 0 Å². The minimum Gasteiger partial charge on any atom is -0.463 e. The molecule has 0 aromatic heterocycles. The lowest BCUT2D eigenvalue weighted by Gasteiger charge is -2.03. The minimum atomic E-state index is -0.275. The standard InChI is InChI=1S/C8H16O4.C8H16O3/c1-3-10-4-5-11-6-7-12-8(2)9;1-3-4-5-10-6-7-11-8(2)9/h3-7H2,1-2H3;3-7H2,1-2H3. The molecule has 0 aromatic rings. The highest BCUT2D eigenvalue weighted by Crippen LogP contribution is 1.87. The van der Waals surface area contributed by atoms with Gasteiger partial charge in [-0.15, -0.1) is 0 Å².